The molecule has 4 rings (SSSR count). The van der Waals surface area contributed by atoms with Crippen LogP contribution in [0.1, 0.15) is 31.1 Å². The lowest BCUT2D eigenvalue weighted by Gasteiger charge is -2.15. The molecular weight excluding hydrogens is 558 g/mol. The number of nitrogens with zero attached hydrogens (tertiary/aromatic N) is 3. The largest absolute Gasteiger partial charge is 0.419 e. The second kappa shape index (κ2) is 12.1. The van der Waals surface area contributed by atoms with Crippen molar-refractivity contribution in [3.63, 3.8) is 0 Å². The zero-order valence-electron chi connectivity index (χ0n) is 20.9. The SMILES string of the molecule is O=C(Oc1cccc(OC(=O)c2ccccc2[N+](=O)[O-])c1OC(=O)c1ccccc1[N+](=O)[O-])c1ccccc1[N+](=O)[O-]. The summed E-state index contributed by atoms with van der Waals surface area (Å²) in [6.07, 6.45) is 0. The molecule has 4 aromatic carbocycles. The predicted molar refractivity (Wildman–Crippen MR) is 141 cm³/mol. The third-order valence-corrected chi connectivity index (χ3v) is 5.50. The first-order chi connectivity index (χ1) is 20.1. The maximum atomic E-state index is 13.1. The summed E-state index contributed by atoms with van der Waals surface area (Å²) in [5.74, 6) is -5.70. The number of hydrogen-bond acceptors (Lipinski definition) is 12. The Hall–Kier alpha value is -6.51. The van der Waals surface area contributed by atoms with E-state index in [4.69, 9.17) is 14.2 Å². The number of para-hydroxylation sites is 4. The predicted octanol–water partition coefficient (Wildman–Crippen LogP) is 5.07. The van der Waals surface area contributed by atoms with Gasteiger partial charge in [-0.3, -0.25) is 30.3 Å². The van der Waals surface area contributed by atoms with Gasteiger partial charge in [0.25, 0.3) is 17.1 Å². The van der Waals surface area contributed by atoms with Crippen molar-refractivity contribution in [2.75, 3.05) is 0 Å². The van der Waals surface area contributed by atoms with Crippen LogP contribution < -0.4 is 14.2 Å². The fourth-order valence-electron chi connectivity index (χ4n) is 3.63. The first-order valence-corrected chi connectivity index (χ1v) is 11.6. The highest BCUT2D eigenvalue weighted by Gasteiger charge is 2.29. The molecule has 0 fully saturated rings. The van der Waals surface area contributed by atoms with Crippen molar-refractivity contribution >= 4 is 35.0 Å². The summed E-state index contributed by atoms with van der Waals surface area (Å²) >= 11 is 0. The highest BCUT2D eigenvalue weighted by atomic mass is 16.6. The number of esters is 3. The van der Waals surface area contributed by atoms with E-state index in [9.17, 15) is 44.7 Å². The average molecular weight is 573 g/mol. The van der Waals surface area contributed by atoms with Gasteiger partial charge in [0, 0.05) is 18.2 Å². The third-order valence-electron chi connectivity index (χ3n) is 5.50. The van der Waals surface area contributed by atoms with Crippen LogP contribution in [0.15, 0.2) is 91.0 Å². The van der Waals surface area contributed by atoms with Crippen LogP contribution in [0.25, 0.3) is 0 Å². The van der Waals surface area contributed by atoms with Crippen molar-refractivity contribution in [3.05, 3.63) is 138 Å². The van der Waals surface area contributed by atoms with Gasteiger partial charge in [0.1, 0.15) is 16.7 Å². The van der Waals surface area contributed by atoms with Crippen LogP contribution in [0, 0.1) is 30.3 Å². The van der Waals surface area contributed by atoms with Gasteiger partial charge in [-0.1, -0.05) is 42.5 Å². The highest BCUT2D eigenvalue weighted by molar-refractivity contribution is 5.99. The number of ether oxygens (including phenoxy) is 3. The minimum absolute atomic E-state index is 0.471. The van der Waals surface area contributed by atoms with Crippen molar-refractivity contribution in [1.29, 1.82) is 0 Å². The van der Waals surface area contributed by atoms with Gasteiger partial charge in [-0.2, -0.15) is 0 Å². The number of carbonyl (C=O) groups is 3. The normalized spacial score (nSPS) is 10.3. The molecule has 0 N–H and O–H groups in total. The molecule has 0 atom stereocenters. The van der Waals surface area contributed by atoms with Gasteiger partial charge in [-0.25, -0.2) is 14.4 Å². The summed E-state index contributed by atoms with van der Waals surface area (Å²) in [6, 6.07) is 17.8. The monoisotopic (exact) mass is 573 g/mol. The van der Waals surface area contributed by atoms with Gasteiger partial charge in [0.05, 0.1) is 14.8 Å². The number of carbonyl (C=O) groups excluding carboxylic acids is 3. The topological polar surface area (TPSA) is 208 Å². The fourth-order valence-corrected chi connectivity index (χ4v) is 3.63. The van der Waals surface area contributed by atoms with E-state index in [0.717, 1.165) is 48.5 Å². The van der Waals surface area contributed by atoms with Crippen molar-refractivity contribution in [2.24, 2.45) is 0 Å². The number of hydrogen-bond donors (Lipinski definition) is 0. The molecule has 0 unspecified atom stereocenters. The maximum Gasteiger partial charge on any atom is 0.350 e. The Balaban J connectivity index is 1.78. The number of nitro benzene ring substituents is 3. The molecule has 0 aliphatic rings. The summed E-state index contributed by atoms with van der Waals surface area (Å²) < 4.78 is 15.9. The molecule has 15 heteroatoms. The molecule has 210 valence electrons. The first-order valence-electron chi connectivity index (χ1n) is 11.6. The Labute approximate surface area is 233 Å². The molecule has 0 aliphatic carbocycles. The van der Waals surface area contributed by atoms with Gasteiger partial charge in [-0.15, -0.1) is 0 Å². The molecule has 0 aliphatic heterocycles. The molecule has 0 amide bonds. The van der Waals surface area contributed by atoms with Crippen LogP contribution in [0.2, 0.25) is 0 Å². The third kappa shape index (κ3) is 6.04. The molecule has 0 saturated carbocycles. The van der Waals surface area contributed by atoms with Gasteiger partial charge in [0.15, 0.2) is 11.5 Å². The van der Waals surface area contributed by atoms with Crippen molar-refractivity contribution in [1.82, 2.24) is 0 Å². The lowest BCUT2D eigenvalue weighted by atomic mass is 10.1. The average Bonchev–Trinajstić information content (AvgIpc) is 2.98. The highest BCUT2D eigenvalue weighted by Crippen LogP contribution is 2.40. The van der Waals surface area contributed by atoms with Crippen molar-refractivity contribution in [3.8, 4) is 17.2 Å². The molecule has 42 heavy (non-hydrogen) atoms. The molecule has 0 radical (unpaired) electrons. The van der Waals surface area contributed by atoms with E-state index in [1.165, 1.54) is 42.5 Å². The molecule has 4 aromatic rings. The van der Waals surface area contributed by atoms with Crippen LogP contribution in [-0.2, 0) is 0 Å². The van der Waals surface area contributed by atoms with Crippen LogP contribution in [0.4, 0.5) is 17.1 Å². The van der Waals surface area contributed by atoms with Crippen LogP contribution in [0.5, 0.6) is 17.2 Å². The second-order valence-electron chi connectivity index (χ2n) is 8.07. The Morgan fingerprint density at radius 2 is 0.762 bits per heavy atom. The lowest BCUT2D eigenvalue weighted by Crippen LogP contribution is -2.17. The van der Waals surface area contributed by atoms with E-state index in [-0.39, 0.29) is 0 Å². The summed E-state index contributed by atoms with van der Waals surface area (Å²) in [4.78, 5) is 70.6. The second-order valence-corrected chi connectivity index (χ2v) is 8.07. The van der Waals surface area contributed by atoms with Gasteiger partial charge in [-0.05, 0) is 30.3 Å². The quantitative estimate of drug-likeness (QED) is 0.111. The number of benzene rings is 4. The Morgan fingerprint density at radius 1 is 0.452 bits per heavy atom. The van der Waals surface area contributed by atoms with Crippen LogP contribution in [-0.4, -0.2) is 32.7 Å². The number of rotatable bonds is 9. The summed E-state index contributed by atoms with van der Waals surface area (Å²) in [5.41, 5.74) is -3.28. The van der Waals surface area contributed by atoms with E-state index in [1.807, 2.05) is 0 Å². The standard InChI is InChI=1S/C27H15N3O12/c31-25(16-8-1-4-11-19(16)28(34)35)40-22-14-7-15-23(41-26(32)17-9-2-5-12-20(17)29(36)37)24(22)42-27(33)18-10-3-6-13-21(18)30(38)39/h1-15H. The molecule has 0 saturated heterocycles. The molecule has 0 aromatic heterocycles. The van der Waals surface area contributed by atoms with Crippen LogP contribution in [0.3, 0.4) is 0 Å². The van der Waals surface area contributed by atoms with E-state index in [0.29, 0.717) is 0 Å². The molecule has 0 spiro atoms. The van der Waals surface area contributed by atoms with Crippen molar-refractivity contribution in [2.45, 2.75) is 0 Å². The Morgan fingerprint density at radius 3 is 1.10 bits per heavy atom. The van der Waals surface area contributed by atoms with E-state index < -0.39 is 83.7 Å². The minimum atomic E-state index is -1.32. The smallest absolute Gasteiger partial charge is 0.350 e. The molecule has 15 nitrogen and oxygen atoms in total. The van der Waals surface area contributed by atoms with E-state index in [2.05, 4.69) is 0 Å². The molecule has 0 heterocycles. The lowest BCUT2D eigenvalue weighted by molar-refractivity contribution is -0.385. The van der Waals surface area contributed by atoms with Gasteiger partial charge >= 0.3 is 17.9 Å². The van der Waals surface area contributed by atoms with Gasteiger partial charge < -0.3 is 14.2 Å². The maximum absolute atomic E-state index is 13.1. The van der Waals surface area contributed by atoms with E-state index in [1.54, 1.807) is 0 Å². The zero-order valence-corrected chi connectivity index (χ0v) is 20.9. The first kappa shape index (κ1) is 28.5. The van der Waals surface area contributed by atoms with E-state index >= 15 is 0 Å². The van der Waals surface area contributed by atoms with Gasteiger partial charge in [0.2, 0.25) is 5.75 Å². The zero-order chi connectivity index (χ0) is 30.4. The Kier molecular flexibility index (Phi) is 8.22. The fraction of sp³-hybridized carbons (Fsp3) is 0. The van der Waals surface area contributed by atoms with Crippen molar-refractivity contribution < 1.29 is 43.4 Å². The summed E-state index contributed by atoms with van der Waals surface area (Å²) in [6.45, 7) is 0. The minimum Gasteiger partial charge on any atom is -0.419 e. The molecular formula is C27H15N3O12. The Bertz CT molecular complexity index is 1680. The summed E-state index contributed by atoms with van der Waals surface area (Å²) in [7, 11) is 0. The summed E-state index contributed by atoms with van der Waals surface area (Å²) in [5, 5.41) is 34.2. The van der Waals surface area contributed by atoms with Crippen LogP contribution >= 0.6 is 0 Å². The molecule has 0 bridgehead atoms. The number of nitro groups is 3.